The quantitative estimate of drug-likeness (QED) is 0.593. The van der Waals surface area contributed by atoms with Gasteiger partial charge < -0.3 is 10.7 Å². The summed E-state index contributed by atoms with van der Waals surface area (Å²) in [6, 6.07) is 4.29. The lowest BCUT2D eigenvalue weighted by molar-refractivity contribution is 0.547. The highest BCUT2D eigenvalue weighted by Gasteiger charge is 2.19. The molecule has 0 saturated carbocycles. The van der Waals surface area contributed by atoms with E-state index in [9.17, 15) is 0 Å². The highest BCUT2D eigenvalue weighted by Crippen LogP contribution is 2.32. The standard InChI is InChI=1S/C16H17N7/c1-8(2)23-16-12(14(17)19-7-20-16)13(22-23)11-5-10-4-9(3)6-18-15(10)21-11/h4-8H,1-3H3,(H,18,21)(H2,17,19,20). The third-order valence-corrected chi connectivity index (χ3v) is 3.87. The Balaban J connectivity index is 2.03. The molecule has 7 nitrogen and oxygen atoms in total. The monoisotopic (exact) mass is 307 g/mol. The average Bonchev–Trinajstić information content (AvgIpc) is 3.08. The zero-order valence-electron chi connectivity index (χ0n) is 13.2. The number of nitrogens with zero attached hydrogens (tertiary/aromatic N) is 5. The normalized spacial score (nSPS) is 11.8. The first-order chi connectivity index (χ1) is 11.0. The topological polar surface area (TPSA) is 98.3 Å². The van der Waals surface area contributed by atoms with Gasteiger partial charge in [0.05, 0.1) is 11.1 Å². The number of anilines is 1. The summed E-state index contributed by atoms with van der Waals surface area (Å²) in [5.41, 5.74) is 10.4. The molecule has 0 radical (unpaired) electrons. The maximum atomic E-state index is 6.09. The first-order valence-electron chi connectivity index (χ1n) is 7.49. The van der Waals surface area contributed by atoms with Crippen molar-refractivity contribution in [2.75, 3.05) is 5.73 Å². The number of fused-ring (bicyclic) bond motifs is 2. The summed E-state index contributed by atoms with van der Waals surface area (Å²) in [5, 5.41) is 6.52. The number of nitrogens with two attached hydrogens (primary N) is 1. The minimum atomic E-state index is 0.172. The maximum Gasteiger partial charge on any atom is 0.164 e. The van der Waals surface area contributed by atoms with Gasteiger partial charge in [0.2, 0.25) is 0 Å². The van der Waals surface area contributed by atoms with E-state index in [4.69, 9.17) is 10.8 Å². The van der Waals surface area contributed by atoms with Gasteiger partial charge in [-0.25, -0.2) is 19.6 Å². The molecule has 4 heterocycles. The van der Waals surface area contributed by atoms with Gasteiger partial charge >= 0.3 is 0 Å². The summed E-state index contributed by atoms with van der Waals surface area (Å²) in [6.07, 6.45) is 3.31. The molecule has 0 fully saturated rings. The number of hydrogen-bond donors (Lipinski definition) is 2. The number of hydrogen-bond acceptors (Lipinski definition) is 5. The lowest BCUT2D eigenvalue weighted by atomic mass is 10.2. The molecule has 116 valence electrons. The van der Waals surface area contributed by atoms with Crippen molar-refractivity contribution in [1.29, 1.82) is 0 Å². The van der Waals surface area contributed by atoms with Crippen molar-refractivity contribution in [3.05, 3.63) is 30.2 Å². The largest absolute Gasteiger partial charge is 0.383 e. The lowest BCUT2D eigenvalue weighted by Gasteiger charge is -2.05. The molecular formula is C16H17N7. The van der Waals surface area contributed by atoms with E-state index >= 15 is 0 Å². The number of nitrogens with one attached hydrogen (secondary N) is 1. The number of aryl methyl sites for hydroxylation is 1. The number of H-pyrrole nitrogens is 1. The highest BCUT2D eigenvalue weighted by molar-refractivity contribution is 5.99. The Morgan fingerprint density at radius 1 is 1.17 bits per heavy atom. The van der Waals surface area contributed by atoms with Crippen molar-refractivity contribution in [1.82, 2.24) is 29.7 Å². The molecule has 0 saturated heterocycles. The Labute approximate surface area is 132 Å². The van der Waals surface area contributed by atoms with Crippen LogP contribution in [0, 0.1) is 6.92 Å². The van der Waals surface area contributed by atoms with Crippen molar-refractivity contribution in [2.24, 2.45) is 0 Å². The van der Waals surface area contributed by atoms with E-state index < -0.39 is 0 Å². The molecule has 0 unspecified atom stereocenters. The fraction of sp³-hybridized carbons (Fsp3) is 0.250. The van der Waals surface area contributed by atoms with Crippen LogP contribution in [0.4, 0.5) is 5.82 Å². The predicted molar refractivity (Wildman–Crippen MR) is 89.9 cm³/mol. The van der Waals surface area contributed by atoms with Crippen LogP contribution in [0.5, 0.6) is 0 Å². The molecule has 0 aromatic carbocycles. The lowest BCUT2D eigenvalue weighted by Crippen LogP contribution is -2.04. The third kappa shape index (κ3) is 2.04. The zero-order chi connectivity index (χ0) is 16.1. The van der Waals surface area contributed by atoms with Gasteiger partial charge in [-0.2, -0.15) is 5.10 Å². The first kappa shape index (κ1) is 13.7. The number of aromatic amines is 1. The van der Waals surface area contributed by atoms with Crippen LogP contribution in [0.25, 0.3) is 33.5 Å². The second-order valence-electron chi connectivity index (χ2n) is 5.98. The van der Waals surface area contributed by atoms with Gasteiger partial charge in [-0.15, -0.1) is 0 Å². The van der Waals surface area contributed by atoms with Crippen LogP contribution < -0.4 is 5.73 Å². The molecule has 0 aliphatic carbocycles. The van der Waals surface area contributed by atoms with E-state index in [1.807, 2.05) is 23.9 Å². The average molecular weight is 307 g/mol. The van der Waals surface area contributed by atoms with Crippen molar-refractivity contribution < 1.29 is 0 Å². The minimum absolute atomic E-state index is 0.172. The Morgan fingerprint density at radius 3 is 2.78 bits per heavy atom. The molecule has 0 spiro atoms. The number of nitrogen functional groups attached to an aromatic ring is 1. The molecular weight excluding hydrogens is 290 g/mol. The van der Waals surface area contributed by atoms with E-state index in [2.05, 4.69) is 39.8 Å². The molecule has 3 N–H and O–H groups in total. The molecule has 0 amide bonds. The third-order valence-electron chi connectivity index (χ3n) is 3.87. The van der Waals surface area contributed by atoms with Gasteiger partial charge in [-0.1, -0.05) is 0 Å². The highest BCUT2D eigenvalue weighted by atomic mass is 15.3. The Bertz CT molecular complexity index is 1030. The van der Waals surface area contributed by atoms with E-state index in [1.54, 1.807) is 0 Å². The smallest absolute Gasteiger partial charge is 0.164 e. The van der Waals surface area contributed by atoms with Crippen LogP contribution in [-0.4, -0.2) is 29.7 Å². The van der Waals surface area contributed by atoms with Gasteiger partial charge in [0.15, 0.2) is 5.65 Å². The summed E-state index contributed by atoms with van der Waals surface area (Å²) in [5.74, 6) is 0.430. The SMILES string of the molecule is Cc1cnc2[nH]c(-c3nn(C(C)C)c4ncnc(N)c34)cc2c1. The molecule has 7 heteroatoms. The minimum Gasteiger partial charge on any atom is -0.383 e. The second-order valence-corrected chi connectivity index (χ2v) is 5.98. The van der Waals surface area contributed by atoms with E-state index in [1.165, 1.54) is 6.33 Å². The first-order valence-corrected chi connectivity index (χ1v) is 7.49. The summed E-state index contributed by atoms with van der Waals surface area (Å²) in [4.78, 5) is 16.2. The van der Waals surface area contributed by atoms with Gasteiger partial charge in [-0.05, 0) is 38.5 Å². The second kappa shape index (κ2) is 4.77. The summed E-state index contributed by atoms with van der Waals surface area (Å²) < 4.78 is 1.87. The number of rotatable bonds is 2. The molecule has 0 bridgehead atoms. The molecule has 0 aliphatic rings. The van der Waals surface area contributed by atoms with Crippen molar-refractivity contribution in [2.45, 2.75) is 26.8 Å². The van der Waals surface area contributed by atoms with E-state index in [0.29, 0.717) is 5.82 Å². The number of pyridine rings is 1. The summed E-state index contributed by atoms with van der Waals surface area (Å²) >= 11 is 0. The Morgan fingerprint density at radius 2 is 2.00 bits per heavy atom. The summed E-state index contributed by atoms with van der Waals surface area (Å²) in [6.45, 7) is 6.14. The van der Waals surface area contributed by atoms with Gasteiger partial charge in [0.1, 0.15) is 23.5 Å². The predicted octanol–water partition coefficient (Wildman–Crippen LogP) is 2.84. The van der Waals surface area contributed by atoms with Crippen LogP contribution in [0.15, 0.2) is 24.7 Å². The molecule has 4 aromatic rings. The molecule has 4 aromatic heterocycles. The fourth-order valence-electron chi connectivity index (χ4n) is 2.80. The molecule has 23 heavy (non-hydrogen) atoms. The van der Waals surface area contributed by atoms with Gasteiger partial charge in [-0.3, -0.25) is 0 Å². The van der Waals surface area contributed by atoms with Crippen LogP contribution in [-0.2, 0) is 0 Å². The zero-order valence-corrected chi connectivity index (χ0v) is 13.2. The summed E-state index contributed by atoms with van der Waals surface area (Å²) in [7, 11) is 0. The fourth-order valence-corrected chi connectivity index (χ4v) is 2.80. The van der Waals surface area contributed by atoms with Crippen LogP contribution in [0.2, 0.25) is 0 Å². The van der Waals surface area contributed by atoms with Crippen molar-refractivity contribution >= 4 is 27.9 Å². The number of aromatic nitrogens is 6. The van der Waals surface area contributed by atoms with Crippen molar-refractivity contribution in [3.63, 3.8) is 0 Å². The molecule has 0 aliphatic heterocycles. The van der Waals surface area contributed by atoms with Crippen molar-refractivity contribution in [3.8, 4) is 11.4 Å². The maximum absolute atomic E-state index is 6.09. The molecule has 0 atom stereocenters. The van der Waals surface area contributed by atoms with Gasteiger partial charge in [0.25, 0.3) is 0 Å². The molecule has 4 rings (SSSR count). The van der Waals surface area contributed by atoms with Crippen LogP contribution in [0.1, 0.15) is 25.5 Å². The van der Waals surface area contributed by atoms with Crippen LogP contribution >= 0.6 is 0 Å². The Kier molecular flexibility index (Phi) is 2.84. The van der Waals surface area contributed by atoms with E-state index in [-0.39, 0.29) is 6.04 Å². The van der Waals surface area contributed by atoms with E-state index in [0.717, 1.165) is 39.0 Å². The van der Waals surface area contributed by atoms with Crippen LogP contribution in [0.3, 0.4) is 0 Å². The Hall–Kier alpha value is -2.96. The van der Waals surface area contributed by atoms with Gasteiger partial charge in [0, 0.05) is 17.6 Å².